The first-order valence-corrected chi connectivity index (χ1v) is 8.58. The molecule has 2 N–H and O–H groups in total. The van der Waals surface area contributed by atoms with E-state index in [9.17, 15) is 10.2 Å². The van der Waals surface area contributed by atoms with Crippen LogP contribution in [0.3, 0.4) is 0 Å². The minimum absolute atomic E-state index is 0.568. The normalized spacial score (nSPS) is 28.8. The number of ether oxygens (including phenoxy) is 2. The van der Waals surface area contributed by atoms with E-state index < -0.39 is 29.2 Å². The summed E-state index contributed by atoms with van der Waals surface area (Å²) >= 11 is 0. The summed E-state index contributed by atoms with van der Waals surface area (Å²) in [5.41, 5.74) is -2.13. The average molecular weight is 326 g/mol. The van der Waals surface area contributed by atoms with E-state index in [2.05, 4.69) is 13.2 Å². The third-order valence-corrected chi connectivity index (χ3v) is 4.50. The van der Waals surface area contributed by atoms with Crippen molar-refractivity contribution in [2.24, 2.45) is 0 Å². The topological polar surface area (TPSA) is 58.9 Å². The van der Waals surface area contributed by atoms with Crippen molar-refractivity contribution in [1.29, 1.82) is 0 Å². The summed E-state index contributed by atoms with van der Waals surface area (Å²) in [6.45, 7) is 14.6. The molecule has 0 amide bonds. The van der Waals surface area contributed by atoms with Gasteiger partial charge < -0.3 is 19.7 Å². The minimum atomic E-state index is -1.07. The van der Waals surface area contributed by atoms with Crippen LogP contribution in [0.5, 0.6) is 0 Å². The number of hydrogen-bond acceptors (Lipinski definition) is 4. The number of allylic oxidation sites excluding steroid dienone is 2. The Morgan fingerprint density at radius 2 is 1.26 bits per heavy atom. The average Bonchev–Trinajstić information content (AvgIpc) is 2.77. The number of aliphatic hydroxyl groups is 2. The van der Waals surface area contributed by atoms with Crippen LogP contribution in [0.2, 0.25) is 0 Å². The van der Waals surface area contributed by atoms with E-state index in [1.165, 1.54) is 0 Å². The molecular formula is C19H34O4. The van der Waals surface area contributed by atoms with Gasteiger partial charge in [0.2, 0.25) is 0 Å². The molecule has 134 valence electrons. The first-order chi connectivity index (χ1) is 10.6. The van der Waals surface area contributed by atoms with Gasteiger partial charge >= 0.3 is 0 Å². The molecular weight excluding hydrogens is 292 g/mol. The van der Waals surface area contributed by atoms with Gasteiger partial charge in [0.05, 0.1) is 11.2 Å². The van der Waals surface area contributed by atoms with Crippen molar-refractivity contribution >= 4 is 0 Å². The van der Waals surface area contributed by atoms with Crippen molar-refractivity contribution in [3.63, 3.8) is 0 Å². The van der Waals surface area contributed by atoms with Gasteiger partial charge in [-0.15, -0.1) is 13.2 Å². The molecule has 0 spiro atoms. The fourth-order valence-corrected chi connectivity index (χ4v) is 3.16. The van der Waals surface area contributed by atoms with Gasteiger partial charge in [-0.05, 0) is 66.2 Å². The summed E-state index contributed by atoms with van der Waals surface area (Å²) < 4.78 is 11.9. The van der Waals surface area contributed by atoms with Crippen LogP contribution < -0.4 is 0 Å². The van der Waals surface area contributed by atoms with Crippen molar-refractivity contribution in [2.75, 3.05) is 0 Å². The Hall–Kier alpha value is -0.680. The Morgan fingerprint density at radius 1 is 0.913 bits per heavy atom. The van der Waals surface area contributed by atoms with E-state index in [0.717, 1.165) is 25.7 Å². The Bertz CT molecular complexity index is 362. The maximum Gasteiger partial charge on any atom is 0.164 e. The molecule has 0 aromatic rings. The van der Waals surface area contributed by atoms with Crippen molar-refractivity contribution in [2.45, 2.75) is 95.4 Å². The molecule has 1 heterocycles. The molecule has 0 bridgehead atoms. The second kappa shape index (κ2) is 7.93. The highest BCUT2D eigenvalue weighted by atomic mass is 16.8. The zero-order valence-electron chi connectivity index (χ0n) is 15.2. The maximum atomic E-state index is 10.9. The van der Waals surface area contributed by atoms with Crippen molar-refractivity contribution in [3.05, 3.63) is 25.3 Å². The van der Waals surface area contributed by atoms with E-state index in [4.69, 9.17) is 9.47 Å². The lowest BCUT2D eigenvalue weighted by molar-refractivity contribution is -0.175. The minimum Gasteiger partial charge on any atom is -0.387 e. The second-order valence-corrected chi connectivity index (χ2v) is 7.55. The van der Waals surface area contributed by atoms with Gasteiger partial charge in [-0.25, -0.2) is 0 Å². The SMILES string of the molecule is C=CCCC[C@](C)(O)[C@@H]1OC(C)(C)O[C@H]1[C@@](C)(O)CCCC=C. The number of rotatable bonds is 10. The molecule has 0 saturated carbocycles. The van der Waals surface area contributed by atoms with Crippen molar-refractivity contribution < 1.29 is 19.7 Å². The molecule has 4 atom stereocenters. The monoisotopic (exact) mass is 326 g/mol. The molecule has 4 heteroatoms. The van der Waals surface area contributed by atoms with Gasteiger partial charge in [0.15, 0.2) is 5.79 Å². The van der Waals surface area contributed by atoms with E-state index in [-0.39, 0.29) is 0 Å². The molecule has 1 fully saturated rings. The predicted octanol–water partition coefficient (Wildman–Crippen LogP) is 3.72. The van der Waals surface area contributed by atoms with Crippen LogP contribution in [0.1, 0.15) is 66.2 Å². The largest absolute Gasteiger partial charge is 0.387 e. The van der Waals surface area contributed by atoms with Gasteiger partial charge in [-0.3, -0.25) is 0 Å². The lowest BCUT2D eigenvalue weighted by atomic mass is 9.81. The molecule has 1 aliphatic heterocycles. The van der Waals surface area contributed by atoms with Crippen molar-refractivity contribution in [3.8, 4) is 0 Å². The lowest BCUT2D eigenvalue weighted by Gasteiger charge is -2.38. The van der Waals surface area contributed by atoms with Crippen LogP contribution in [0, 0.1) is 0 Å². The van der Waals surface area contributed by atoms with Gasteiger partial charge in [0.1, 0.15) is 12.2 Å². The van der Waals surface area contributed by atoms with Gasteiger partial charge in [0, 0.05) is 0 Å². The zero-order valence-corrected chi connectivity index (χ0v) is 15.2. The van der Waals surface area contributed by atoms with E-state index in [1.54, 1.807) is 13.8 Å². The highest BCUT2D eigenvalue weighted by molar-refractivity contribution is 5.02. The van der Waals surface area contributed by atoms with Crippen LogP contribution >= 0.6 is 0 Å². The fraction of sp³-hybridized carbons (Fsp3) is 0.789. The summed E-state index contributed by atoms with van der Waals surface area (Å²) in [5.74, 6) is -0.819. The summed E-state index contributed by atoms with van der Waals surface area (Å²) in [7, 11) is 0. The molecule has 1 saturated heterocycles. The summed E-state index contributed by atoms with van der Waals surface area (Å²) in [4.78, 5) is 0. The Morgan fingerprint density at radius 3 is 1.57 bits per heavy atom. The van der Waals surface area contributed by atoms with Crippen LogP contribution in [-0.2, 0) is 9.47 Å². The van der Waals surface area contributed by atoms with Crippen molar-refractivity contribution in [1.82, 2.24) is 0 Å². The first-order valence-electron chi connectivity index (χ1n) is 8.58. The van der Waals surface area contributed by atoms with E-state index in [0.29, 0.717) is 12.8 Å². The van der Waals surface area contributed by atoms with Crippen LogP contribution in [0.4, 0.5) is 0 Å². The number of unbranched alkanes of at least 4 members (excludes halogenated alkanes) is 2. The third-order valence-electron chi connectivity index (χ3n) is 4.50. The third kappa shape index (κ3) is 5.71. The summed E-state index contributed by atoms with van der Waals surface area (Å²) in [6, 6.07) is 0. The van der Waals surface area contributed by atoms with Gasteiger partial charge in [-0.1, -0.05) is 12.2 Å². The molecule has 0 aromatic heterocycles. The standard InChI is InChI=1S/C19H34O4/c1-7-9-11-13-18(5,20)15-16(23-17(3,4)22-15)19(6,21)14-12-10-8-2/h7-8,15-16,20-21H,1-2,9-14H2,3-6H3/t15-,16-,18+,19+/m1/s1. The maximum absolute atomic E-state index is 10.9. The lowest BCUT2D eigenvalue weighted by Crippen LogP contribution is -2.54. The zero-order chi connectivity index (χ0) is 17.7. The number of hydrogen-bond donors (Lipinski definition) is 2. The summed E-state index contributed by atoms with van der Waals surface area (Å²) in [5, 5.41) is 21.8. The quantitative estimate of drug-likeness (QED) is 0.474. The molecule has 1 aliphatic rings. The van der Waals surface area contributed by atoms with E-state index >= 15 is 0 Å². The molecule has 1 rings (SSSR count). The van der Waals surface area contributed by atoms with Crippen LogP contribution in [0.15, 0.2) is 25.3 Å². The van der Waals surface area contributed by atoms with Crippen LogP contribution in [0.25, 0.3) is 0 Å². The Labute approximate surface area is 141 Å². The first kappa shape index (κ1) is 20.4. The molecule has 0 radical (unpaired) electrons. The van der Waals surface area contributed by atoms with Crippen LogP contribution in [-0.4, -0.2) is 39.4 Å². The molecule has 4 nitrogen and oxygen atoms in total. The molecule has 0 unspecified atom stereocenters. The summed E-state index contributed by atoms with van der Waals surface area (Å²) in [6.07, 6.45) is 7.02. The molecule has 0 aliphatic carbocycles. The van der Waals surface area contributed by atoms with Gasteiger partial charge in [-0.2, -0.15) is 0 Å². The molecule has 0 aromatic carbocycles. The molecule has 23 heavy (non-hydrogen) atoms. The highest BCUT2D eigenvalue weighted by Crippen LogP contribution is 2.41. The highest BCUT2D eigenvalue weighted by Gasteiger charge is 2.55. The van der Waals surface area contributed by atoms with Gasteiger partial charge in [0.25, 0.3) is 0 Å². The Balaban J connectivity index is 2.88. The predicted molar refractivity (Wildman–Crippen MR) is 93.2 cm³/mol. The smallest absolute Gasteiger partial charge is 0.164 e. The second-order valence-electron chi connectivity index (χ2n) is 7.55. The fourth-order valence-electron chi connectivity index (χ4n) is 3.16. The van der Waals surface area contributed by atoms with E-state index in [1.807, 2.05) is 26.0 Å². The Kier molecular flexibility index (Phi) is 7.02.